The summed E-state index contributed by atoms with van der Waals surface area (Å²) < 4.78 is 0. The van der Waals surface area contributed by atoms with Crippen molar-refractivity contribution in [1.29, 1.82) is 0 Å². The Balaban J connectivity index is 1.68. The molecule has 82 valence electrons. The van der Waals surface area contributed by atoms with E-state index in [0.717, 1.165) is 11.5 Å². The third-order valence-corrected chi connectivity index (χ3v) is 3.92. The van der Waals surface area contributed by atoms with Crippen LogP contribution in [0.1, 0.15) is 59.3 Å². The maximum absolute atomic E-state index is 3.73. The van der Waals surface area contributed by atoms with Crippen molar-refractivity contribution in [3.05, 3.63) is 0 Å². The highest BCUT2D eigenvalue weighted by Crippen LogP contribution is 2.56. The maximum Gasteiger partial charge on any atom is 0.00676 e. The van der Waals surface area contributed by atoms with Crippen molar-refractivity contribution in [2.75, 3.05) is 6.54 Å². The first-order valence-electron chi connectivity index (χ1n) is 6.23. The van der Waals surface area contributed by atoms with Crippen LogP contribution in [-0.2, 0) is 0 Å². The summed E-state index contributed by atoms with van der Waals surface area (Å²) in [6.07, 6.45) is 8.90. The van der Waals surface area contributed by atoms with Crippen LogP contribution in [0.3, 0.4) is 0 Å². The van der Waals surface area contributed by atoms with Gasteiger partial charge in [-0.25, -0.2) is 0 Å². The molecule has 2 aliphatic carbocycles. The Bertz CT molecular complexity index is 188. The number of nitrogens with one attached hydrogen (secondary N) is 1. The first-order valence-corrected chi connectivity index (χ1v) is 6.23. The summed E-state index contributed by atoms with van der Waals surface area (Å²) >= 11 is 0. The van der Waals surface area contributed by atoms with Crippen LogP contribution in [0.5, 0.6) is 0 Å². The van der Waals surface area contributed by atoms with Gasteiger partial charge in [0.1, 0.15) is 0 Å². The molecule has 2 saturated carbocycles. The Labute approximate surface area is 88.7 Å². The van der Waals surface area contributed by atoms with Crippen LogP contribution in [-0.4, -0.2) is 12.6 Å². The van der Waals surface area contributed by atoms with Crippen LogP contribution in [0.4, 0.5) is 0 Å². The lowest BCUT2D eigenvalue weighted by atomic mass is 9.83. The first-order chi connectivity index (χ1) is 6.49. The molecule has 2 fully saturated rings. The second-order valence-corrected chi connectivity index (χ2v) is 6.72. The van der Waals surface area contributed by atoms with Crippen LogP contribution >= 0.6 is 0 Å². The molecule has 0 bridgehead atoms. The molecule has 0 aromatic heterocycles. The predicted octanol–water partition coefficient (Wildman–Crippen LogP) is 3.34. The monoisotopic (exact) mass is 195 g/mol. The van der Waals surface area contributed by atoms with Gasteiger partial charge in [0.15, 0.2) is 0 Å². The van der Waals surface area contributed by atoms with Gasteiger partial charge in [-0.15, -0.1) is 0 Å². The van der Waals surface area contributed by atoms with E-state index >= 15 is 0 Å². The third kappa shape index (κ3) is 2.73. The zero-order valence-electron chi connectivity index (χ0n) is 10.0. The summed E-state index contributed by atoms with van der Waals surface area (Å²) in [6.45, 7) is 8.10. The number of hydrogen-bond acceptors (Lipinski definition) is 1. The number of hydrogen-bond donors (Lipinski definition) is 1. The molecule has 0 atom stereocenters. The zero-order valence-corrected chi connectivity index (χ0v) is 10.0. The highest BCUT2D eigenvalue weighted by Gasteiger charge is 2.44. The normalized spacial score (nSPS) is 26.8. The molecule has 1 nitrogen and oxygen atoms in total. The average molecular weight is 195 g/mol. The van der Waals surface area contributed by atoms with Gasteiger partial charge in [-0.05, 0) is 49.4 Å². The van der Waals surface area contributed by atoms with Gasteiger partial charge in [0.2, 0.25) is 0 Å². The lowest BCUT2D eigenvalue weighted by Gasteiger charge is -2.31. The minimum atomic E-state index is 0.439. The summed E-state index contributed by atoms with van der Waals surface area (Å²) in [6, 6.07) is 0.820. The van der Waals surface area contributed by atoms with Crippen LogP contribution in [0.2, 0.25) is 0 Å². The molecule has 1 N–H and O–H groups in total. The van der Waals surface area contributed by atoms with Gasteiger partial charge in [0, 0.05) is 12.6 Å². The summed E-state index contributed by atoms with van der Waals surface area (Å²) in [7, 11) is 0. The molecule has 0 aliphatic heterocycles. The van der Waals surface area contributed by atoms with E-state index in [1.54, 1.807) is 0 Å². The standard InChI is InChI=1S/C13H25N/c1-12(2,3)10-14-11-4-6-13(7-5-11)8-9-13/h11,14H,4-10H2,1-3H3. The van der Waals surface area contributed by atoms with Gasteiger partial charge in [-0.1, -0.05) is 20.8 Å². The van der Waals surface area contributed by atoms with E-state index in [4.69, 9.17) is 0 Å². The molecule has 14 heavy (non-hydrogen) atoms. The van der Waals surface area contributed by atoms with E-state index in [0.29, 0.717) is 5.41 Å². The largest absolute Gasteiger partial charge is 0.313 e. The molecule has 0 saturated heterocycles. The Hall–Kier alpha value is -0.0400. The zero-order chi connectivity index (χ0) is 10.2. The van der Waals surface area contributed by atoms with Crippen molar-refractivity contribution in [1.82, 2.24) is 5.32 Å². The summed E-state index contributed by atoms with van der Waals surface area (Å²) in [4.78, 5) is 0. The fourth-order valence-corrected chi connectivity index (χ4v) is 2.56. The molecule has 0 aromatic rings. The molecule has 0 heterocycles. The van der Waals surface area contributed by atoms with Crippen LogP contribution in [0, 0.1) is 10.8 Å². The molecular formula is C13H25N. The van der Waals surface area contributed by atoms with Gasteiger partial charge in [0.25, 0.3) is 0 Å². The summed E-state index contributed by atoms with van der Waals surface area (Å²) in [5.74, 6) is 0. The van der Waals surface area contributed by atoms with Crippen LogP contribution < -0.4 is 5.32 Å². The topological polar surface area (TPSA) is 12.0 Å². The van der Waals surface area contributed by atoms with E-state index in [1.165, 1.54) is 45.1 Å². The van der Waals surface area contributed by atoms with Gasteiger partial charge in [-0.2, -0.15) is 0 Å². The van der Waals surface area contributed by atoms with E-state index in [9.17, 15) is 0 Å². The van der Waals surface area contributed by atoms with Crippen molar-refractivity contribution in [2.45, 2.75) is 65.3 Å². The average Bonchev–Trinajstić information content (AvgIpc) is 2.83. The lowest BCUT2D eigenvalue weighted by molar-refractivity contribution is 0.251. The van der Waals surface area contributed by atoms with Crippen LogP contribution in [0.25, 0.3) is 0 Å². The van der Waals surface area contributed by atoms with Crippen molar-refractivity contribution in [3.63, 3.8) is 0 Å². The molecule has 1 heteroatoms. The molecular weight excluding hydrogens is 170 g/mol. The van der Waals surface area contributed by atoms with Crippen molar-refractivity contribution in [3.8, 4) is 0 Å². The van der Waals surface area contributed by atoms with Gasteiger partial charge >= 0.3 is 0 Å². The molecule has 2 aliphatic rings. The molecule has 0 amide bonds. The minimum absolute atomic E-state index is 0.439. The molecule has 0 radical (unpaired) electrons. The van der Waals surface area contributed by atoms with E-state index in [-0.39, 0.29) is 0 Å². The lowest BCUT2D eigenvalue weighted by Crippen LogP contribution is -2.38. The van der Waals surface area contributed by atoms with E-state index in [1.807, 2.05) is 0 Å². The van der Waals surface area contributed by atoms with Crippen molar-refractivity contribution in [2.24, 2.45) is 10.8 Å². The van der Waals surface area contributed by atoms with E-state index in [2.05, 4.69) is 26.1 Å². The van der Waals surface area contributed by atoms with Crippen molar-refractivity contribution >= 4 is 0 Å². The van der Waals surface area contributed by atoms with Gasteiger partial charge < -0.3 is 5.32 Å². The maximum atomic E-state index is 3.73. The van der Waals surface area contributed by atoms with Gasteiger partial charge in [0.05, 0.1) is 0 Å². The Morgan fingerprint density at radius 1 is 1.07 bits per heavy atom. The van der Waals surface area contributed by atoms with Gasteiger partial charge in [-0.3, -0.25) is 0 Å². The smallest absolute Gasteiger partial charge is 0.00676 e. The van der Waals surface area contributed by atoms with E-state index < -0.39 is 0 Å². The van der Waals surface area contributed by atoms with Crippen molar-refractivity contribution < 1.29 is 0 Å². The molecule has 0 unspecified atom stereocenters. The molecule has 2 rings (SSSR count). The fourth-order valence-electron chi connectivity index (χ4n) is 2.56. The molecule has 1 spiro atoms. The Kier molecular flexibility index (Phi) is 2.63. The fraction of sp³-hybridized carbons (Fsp3) is 1.00. The SMILES string of the molecule is CC(C)(C)CNC1CCC2(CC1)CC2. The Morgan fingerprint density at radius 2 is 1.64 bits per heavy atom. The highest BCUT2D eigenvalue weighted by molar-refractivity contribution is 4.97. The van der Waals surface area contributed by atoms with Crippen LogP contribution in [0.15, 0.2) is 0 Å². The third-order valence-electron chi connectivity index (χ3n) is 3.92. The molecule has 0 aromatic carbocycles. The number of rotatable bonds is 2. The minimum Gasteiger partial charge on any atom is -0.313 e. The second kappa shape index (κ2) is 3.52. The summed E-state index contributed by atoms with van der Waals surface area (Å²) in [5.41, 5.74) is 1.29. The summed E-state index contributed by atoms with van der Waals surface area (Å²) in [5, 5.41) is 3.73. The quantitative estimate of drug-likeness (QED) is 0.712. The predicted molar refractivity (Wildman–Crippen MR) is 61.4 cm³/mol. The first kappa shape index (κ1) is 10.5. The Morgan fingerprint density at radius 3 is 2.07 bits per heavy atom. The second-order valence-electron chi connectivity index (χ2n) is 6.72. The highest BCUT2D eigenvalue weighted by atomic mass is 14.9.